The zero-order chi connectivity index (χ0) is 18.7. The Hall–Kier alpha value is -2.20. The first-order valence-corrected chi connectivity index (χ1v) is 7.76. The van der Waals surface area contributed by atoms with Gasteiger partial charge in [-0.1, -0.05) is 6.42 Å². The molecule has 0 spiro atoms. The average Bonchev–Trinajstić information content (AvgIpc) is 2.50. The molecule has 0 fully saturated rings. The van der Waals surface area contributed by atoms with Crippen LogP contribution in [-0.2, 0) is 19.2 Å². The van der Waals surface area contributed by atoms with Crippen molar-refractivity contribution >= 4 is 23.7 Å². The molecule has 0 saturated heterocycles. The maximum atomic E-state index is 12.0. The first kappa shape index (κ1) is 21.8. The lowest BCUT2D eigenvalue weighted by Crippen LogP contribution is -2.53. The average molecular weight is 345 g/mol. The van der Waals surface area contributed by atoms with Crippen LogP contribution in [0.5, 0.6) is 0 Å². The maximum Gasteiger partial charge on any atom is 0.326 e. The van der Waals surface area contributed by atoms with Gasteiger partial charge in [0.1, 0.15) is 12.1 Å². The van der Waals surface area contributed by atoms with Crippen molar-refractivity contribution in [1.29, 1.82) is 0 Å². The van der Waals surface area contributed by atoms with E-state index < -0.39 is 41.8 Å². The fourth-order valence-corrected chi connectivity index (χ4v) is 1.87. The number of hydrogen-bond acceptors (Lipinski definition) is 6. The van der Waals surface area contributed by atoms with Crippen molar-refractivity contribution in [1.82, 2.24) is 10.6 Å². The number of nitrogens with two attached hydrogens (primary N) is 3. The van der Waals surface area contributed by atoms with Crippen LogP contribution in [-0.4, -0.2) is 53.5 Å². The molecule has 0 radical (unpaired) electrons. The van der Waals surface area contributed by atoms with E-state index in [0.29, 0.717) is 19.4 Å². The number of hydrogen-bond donors (Lipinski definition) is 6. The normalized spacial score (nSPS) is 14.3. The van der Waals surface area contributed by atoms with Crippen LogP contribution in [0.25, 0.3) is 0 Å². The van der Waals surface area contributed by atoms with Crippen LogP contribution < -0.4 is 27.8 Å². The van der Waals surface area contributed by atoms with Gasteiger partial charge in [-0.05, 0) is 32.7 Å². The molecule has 0 aliphatic carbocycles. The number of carboxylic acid groups (broad SMARTS) is 1. The van der Waals surface area contributed by atoms with Gasteiger partial charge in [-0.25, -0.2) is 4.79 Å². The second-order valence-electron chi connectivity index (χ2n) is 5.53. The molecule has 0 heterocycles. The highest BCUT2D eigenvalue weighted by Gasteiger charge is 2.25. The second-order valence-corrected chi connectivity index (χ2v) is 5.53. The number of carboxylic acids is 1. The van der Waals surface area contributed by atoms with Crippen molar-refractivity contribution in [3.63, 3.8) is 0 Å². The highest BCUT2D eigenvalue weighted by molar-refractivity contribution is 5.91. The Bertz CT molecular complexity index is 457. The van der Waals surface area contributed by atoms with E-state index in [1.807, 2.05) is 0 Å². The Morgan fingerprint density at radius 3 is 2.17 bits per heavy atom. The van der Waals surface area contributed by atoms with Crippen LogP contribution in [0.2, 0.25) is 0 Å². The van der Waals surface area contributed by atoms with Gasteiger partial charge in [0.05, 0.1) is 6.04 Å². The van der Waals surface area contributed by atoms with Crippen LogP contribution in [0.3, 0.4) is 0 Å². The summed E-state index contributed by atoms with van der Waals surface area (Å²) >= 11 is 0. The van der Waals surface area contributed by atoms with Crippen LogP contribution in [0.1, 0.15) is 39.0 Å². The van der Waals surface area contributed by atoms with Crippen molar-refractivity contribution in [3.8, 4) is 0 Å². The molecular formula is C14H27N5O5. The number of unbranched alkanes of at least 4 members (excludes halogenated alkanes) is 1. The molecule has 0 saturated carbocycles. The molecule has 0 aliphatic rings. The molecular weight excluding hydrogens is 318 g/mol. The van der Waals surface area contributed by atoms with Crippen LogP contribution >= 0.6 is 0 Å². The van der Waals surface area contributed by atoms with E-state index in [2.05, 4.69) is 10.6 Å². The molecule has 0 unspecified atom stereocenters. The number of nitrogens with one attached hydrogen (secondary N) is 2. The zero-order valence-corrected chi connectivity index (χ0v) is 13.8. The van der Waals surface area contributed by atoms with Gasteiger partial charge >= 0.3 is 5.97 Å². The van der Waals surface area contributed by atoms with Crippen molar-refractivity contribution in [3.05, 3.63) is 0 Å². The van der Waals surface area contributed by atoms with Crippen molar-refractivity contribution < 1.29 is 24.3 Å². The maximum absolute atomic E-state index is 12.0. The van der Waals surface area contributed by atoms with Crippen LogP contribution in [0, 0.1) is 0 Å². The van der Waals surface area contributed by atoms with Gasteiger partial charge in [0.15, 0.2) is 0 Å². The number of rotatable bonds is 12. The van der Waals surface area contributed by atoms with Gasteiger partial charge in [-0.3, -0.25) is 14.4 Å². The number of primary amides is 1. The van der Waals surface area contributed by atoms with Gasteiger partial charge in [-0.15, -0.1) is 0 Å². The Kier molecular flexibility index (Phi) is 10.3. The molecule has 0 aromatic rings. The summed E-state index contributed by atoms with van der Waals surface area (Å²) in [7, 11) is 0. The van der Waals surface area contributed by atoms with E-state index in [1.165, 1.54) is 6.92 Å². The summed E-state index contributed by atoms with van der Waals surface area (Å²) in [5.74, 6) is -3.14. The molecule has 24 heavy (non-hydrogen) atoms. The number of carbonyl (C=O) groups excluding carboxylic acids is 3. The zero-order valence-electron chi connectivity index (χ0n) is 13.8. The standard InChI is InChI=1S/C14H27N5O5/c1-8(18-13(22)9(16)4-2-3-7-15)12(21)19-10(14(23)24)5-6-11(17)20/h8-10H,2-7,15-16H2,1H3,(H2,17,20)(H,18,22)(H,19,21)(H,23,24)/t8-,9-,10-/m0/s1. The molecule has 0 bridgehead atoms. The van der Waals surface area contributed by atoms with Crippen LogP contribution in [0.4, 0.5) is 0 Å². The summed E-state index contributed by atoms with van der Waals surface area (Å²) in [6, 6.07) is -2.99. The minimum absolute atomic E-state index is 0.129. The van der Waals surface area contributed by atoms with Crippen molar-refractivity contribution in [2.75, 3.05) is 6.54 Å². The highest BCUT2D eigenvalue weighted by Crippen LogP contribution is 2.00. The van der Waals surface area contributed by atoms with E-state index >= 15 is 0 Å². The Labute approximate surface area is 140 Å². The number of aliphatic carboxylic acids is 1. The third-order valence-corrected chi connectivity index (χ3v) is 3.35. The van der Waals surface area contributed by atoms with Crippen molar-refractivity contribution in [2.45, 2.75) is 57.2 Å². The summed E-state index contributed by atoms with van der Waals surface area (Å²) < 4.78 is 0. The Morgan fingerprint density at radius 1 is 1.04 bits per heavy atom. The quantitative estimate of drug-likeness (QED) is 0.216. The molecule has 138 valence electrons. The first-order valence-electron chi connectivity index (χ1n) is 7.76. The molecule has 0 rings (SSSR count). The van der Waals surface area contributed by atoms with E-state index in [-0.39, 0.29) is 12.8 Å². The highest BCUT2D eigenvalue weighted by atomic mass is 16.4. The van der Waals surface area contributed by atoms with Gasteiger partial charge in [0.2, 0.25) is 17.7 Å². The van der Waals surface area contributed by atoms with Gasteiger partial charge < -0.3 is 32.9 Å². The lowest BCUT2D eigenvalue weighted by atomic mass is 10.1. The minimum Gasteiger partial charge on any atom is -0.480 e. The second kappa shape index (κ2) is 11.4. The van der Waals surface area contributed by atoms with Gasteiger partial charge in [0.25, 0.3) is 0 Å². The number of amides is 3. The molecule has 0 aliphatic heterocycles. The summed E-state index contributed by atoms with van der Waals surface area (Å²) in [6.45, 7) is 1.92. The Morgan fingerprint density at radius 2 is 1.67 bits per heavy atom. The minimum atomic E-state index is -1.29. The van der Waals surface area contributed by atoms with E-state index in [1.54, 1.807) is 0 Å². The molecule has 3 atom stereocenters. The lowest BCUT2D eigenvalue weighted by Gasteiger charge is -2.20. The molecule has 10 nitrogen and oxygen atoms in total. The largest absolute Gasteiger partial charge is 0.480 e. The fourth-order valence-electron chi connectivity index (χ4n) is 1.87. The topological polar surface area (TPSA) is 191 Å². The smallest absolute Gasteiger partial charge is 0.326 e. The fraction of sp³-hybridized carbons (Fsp3) is 0.714. The lowest BCUT2D eigenvalue weighted by molar-refractivity contribution is -0.142. The molecule has 10 heteroatoms. The predicted molar refractivity (Wildman–Crippen MR) is 86.5 cm³/mol. The number of carbonyl (C=O) groups is 4. The molecule has 0 aromatic carbocycles. The summed E-state index contributed by atoms with van der Waals surface area (Å²) in [5, 5.41) is 13.7. The van der Waals surface area contributed by atoms with Gasteiger partial charge in [-0.2, -0.15) is 0 Å². The van der Waals surface area contributed by atoms with Gasteiger partial charge in [0, 0.05) is 6.42 Å². The third-order valence-electron chi connectivity index (χ3n) is 3.35. The molecule has 0 aromatic heterocycles. The van der Waals surface area contributed by atoms with E-state index in [0.717, 1.165) is 6.42 Å². The molecule has 3 amide bonds. The summed E-state index contributed by atoms with van der Waals surface area (Å²) in [6.07, 6.45) is 1.57. The first-order chi connectivity index (χ1) is 11.2. The summed E-state index contributed by atoms with van der Waals surface area (Å²) in [4.78, 5) is 45.6. The van der Waals surface area contributed by atoms with Crippen LogP contribution in [0.15, 0.2) is 0 Å². The SMILES string of the molecule is C[C@H](NC(=O)[C@@H](N)CCCCN)C(=O)N[C@@H](CCC(N)=O)C(=O)O. The summed E-state index contributed by atoms with van der Waals surface area (Å²) in [5.41, 5.74) is 16.0. The monoisotopic (exact) mass is 345 g/mol. The third kappa shape index (κ3) is 9.06. The predicted octanol–water partition coefficient (Wildman–Crippen LogP) is -2.22. The van der Waals surface area contributed by atoms with Crippen molar-refractivity contribution in [2.24, 2.45) is 17.2 Å². The van der Waals surface area contributed by atoms with E-state index in [4.69, 9.17) is 22.3 Å². The Balaban J connectivity index is 4.44. The molecule has 9 N–H and O–H groups in total. The van der Waals surface area contributed by atoms with E-state index in [9.17, 15) is 19.2 Å².